The number of anilines is 1. The number of sulfone groups is 1. The molecule has 9 heteroatoms. The van der Waals surface area contributed by atoms with Gasteiger partial charge in [-0.25, -0.2) is 12.8 Å². The Balaban J connectivity index is 1.58. The van der Waals surface area contributed by atoms with Crippen LogP contribution in [0.3, 0.4) is 0 Å². The molecule has 0 saturated carbocycles. The van der Waals surface area contributed by atoms with E-state index in [9.17, 15) is 22.4 Å². The van der Waals surface area contributed by atoms with Gasteiger partial charge in [-0.15, -0.1) is 0 Å². The van der Waals surface area contributed by atoms with E-state index in [4.69, 9.17) is 0 Å². The van der Waals surface area contributed by atoms with Crippen molar-refractivity contribution in [1.82, 2.24) is 9.80 Å². The molecule has 148 valence electrons. The summed E-state index contributed by atoms with van der Waals surface area (Å²) in [5.41, 5.74) is 0.520. The summed E-state index contributed by atoms with van der Waals surface area (Å²) >= 11 is 0. The molecule has 0 aromatic heterocycles. The minimum Gasteiger partial charge on any atom is -0.366 e. The van der Waals surface area contributed by atoms with Crippen molar-refractivity contribution in [2.75, 3.05) is 49.1 Å². The van der Waals surface area contributed by atoms with Crippen LogP contribution in [0.15, 0.2) is 24.3 Å². The Kier molecular flexibility index (Phi) is 5.69. The molecular formula is C18H24FN3O4S. The average molecular weight is 397 g/mol. The summed E-state index contributed by atoms with van der Waals surface area (Å²) < 4.78 is 37.3. The Morgan fingerprint density at radius 1 is 1.19 bits per heavy atom. The van der Waals surface area contributed by atoms with Crippen molar-refractivity contribution in [3.8, 4) is 0 Å². The van der Waals surface area contributed by atoms with Crippen LogP contribution in [0.5, 0.6) is 0 Å². The SMILES string of the molecule is CC(=O)N(CC(=O)N1CCN(c2ccccc2F)CC1)C1CCS(=O)(=O)C1. The maximum Gasteiger partial charge on any atom is 0.242 e. The number of hydrogen-bond donors (Lipinski definition) is 0. The molecule has 3 rings (SSSR count). The van der Waals surface area contributed by atoms with E-state index in [1.807, 2.05) is 4.90 Å². The summed E-state index contributed by atoms with van der Waals surface area (Å²) in [7, 11) is -3.14. The van der Waals surface area contributed by atoms with Gasteiger partial charge in [0.15, 0.2) is 9.84 Å². The second kappa shape index (κ2) is 7.84. The number of para-hydroxylation sites is 1. The lowest BCUT2D eigenvalue weighted by atomic mass is 10.2. The van der Waals surface area contributed by atoms with E-state index in [2.05, 4.69) is 0 Å². The summed E-state index contributed by atoms with van der Waals surface area (Å²) in [6.45, 7) is 3.11. The summed E-state index contributed by atoms with van der Waals surface area (Å²) in [5.74, 6) is -0.821. The maximum atomic E-state index is 13.9. The molecule has 27 heavy (non-hydrogen) atoms. The molecule has 0 aliphatic carbocycles. The van der Waals surface area contributed by atoms with Crippen molar-refractivity contribution < 1.29 is 22.4 Å². The number of amides is 2. The van der Waals surface area contributed by atoms with E-state index < -0.39 is 15.9 Å². The van der Waals surface area contributed by atoms with Gasteiger partial charge in [0.05, 0.1) is 17.2 Å². The van der Waals surface area contributed by atoms with Gasteiger partial charge in [-0.1, -0.05) is 12.1 Å². The van der Waals surface area contributed by atoms with Crippen LogP contribution in [-0.2, 0) is 19.4 Å². The standard InChI is InChI=1S/C18H24FN3O4S/c1-14(23)22(15-6-11-27(25,26)13-15)12-18(24)21-9-7-20(8-10-21)17-5-3-2-4-16(17)19/h2-5,15H,6-13H2,1H3. The molecule has 0 radical (unpaired) electrons. The molecule has 1 aromatic rings. The molecule has 2 amide bonds. The molecule has 2 aliphatic heterocycles. The minimum absolute atomic E-state index is 0.0525. The number of carbonyl (C=O) groups is 2. The Bertz CT molecular complexity index is 822. The van der Waals surface area contributed by atoms with E-state index in [1.165, 1.54) is 17.9 Å². The van der Waals surface area contributed by atoms with Crippen molar-refractivity contribution >= 4 is 27.3 Å². The number of benzene rings is 1. The van der Waals surface area contributed by atoms with Crippen molar-refractivity contribution in [3.05, 3.63) is 30.1 Å². The number of rotatable bonds is 4. The van der Waals surface area contributed by atoms with Crippen LogP contribution in [-0.4, -0.2) is 80.3 Å². The molecule has 0 N–H and O–H groups in total. The zero-order valence-electron chi connectivity index (χ0n) is 15.3. The first-order valence-corrected chi connectivity index (χ1v) is 10.8. The van der Waals surface area contributed by atoms with E-state index in [0.29, 0.717) is 38.3 Å². The molecule has 0 spiro atoms. The number of halogens is 1. The third-order valence-corrected chi connectivity index (χ3v) is 6.94. The van der Waals surface area contributed by atoms with E-state index >= 15 is 0 Å². The zero-order valence-corrected chi connectivity index (χ0v) is 16.1. The van der Waals surface area contributed by atoms with Gasteiger partial charge in [-0.2, -0.15) is 0 Å². The number of nitrogens with zero attached hydrogens (tertiary/aromatic N) is 3. The van der Waals surface area contributed by atoms with E-state index in [1.54, 1.807) is 23.1 Å². The lowest BCUT2D eigenvalue weighted by molar-refractivity contribution is -0.141. The normalized spacial score (nSPS) is 21.9. The quantitative estimate of drug-likeness (QED) is 0.740. The van der Waals surface area contributed by atoms with E-state index in [-0.39, 0.29) is 35.7 Å². The molecule has 2 saturated heterocycles. The lowest BCUT2D eigenvalue weighted by Gasteiger charge is -2.37. The number of piperazine rings is 1. The Morgan fingerprint density at radius 2 is 1.85 bits per heavy atom. The highest BCUT2D eigenvalue weighted by Gasteiger charge is 2.35. The smallest absolute Gasteiger partial charge is 0.242 e. The van der Waals surface area contributed by atoms with Crippen LogP contribution >= 0.6 is 0 Å². The molecular weight excluding hydrogens is 373 g/mol. The number of carbonyl (C=O) groups excluding carboxylic acids is 2. The van der Waals surface area contributed by atoms with Crippen molar-refractivity contribution in [1.29, 1.82) is 0 Å². The van der Waals surface area contributed by atoms with Crippen molar-refractivity contribution in [3.63, 3.8) is 0 Å². The van der Waals surface area contributed by atoms with Crippen LogP contribution in [0, 0.1) is 5.82 Å². The Hall–Kier alpha value is -2.16. The Labute approximate surface area is 158 Å². The zero-order chi connectivity index (χ0) is 19.6. The van der Waals surface area contributed by atoms with Crippen LogP contribution in [0.1, 0.15) is 13.3 Å². The highest BCUT2D eigenvalue weighted by molar-refractivity contribution is 7.91. The van der Waals surface area contributed by atoms with Crippen molar-refractivity contribution in [2.24, 2.45) is 0 Å². The van der Waals surface area contributed by atoms with Gasteiger partial charge in [0.25, 0.3) is 0 Å². The first-order valence-electron chi connectivity index (χ1n) is 9.02. The Morgan fingerprint density at radius 3 is 2.41 bits per heavy atom. The molecule has 7 nitrogen and oxygen atoms in total. The third-order valence-electron chi connectivity index (χ3n) is 5.18. The van der Waals surface area contributed by atoms with E-state index in [0.717, 1.165) is 0 Å². The summed E-state index contributed by atoms with van der Waals surface area (Å²) in [6.07, 6.45) is 0.371. The summed E-state index contributed by atoms with van der Waals surface area (Å²) in [5, 5.41) is 0. The fourth-order valence-corrected chi connectivity index (χ4v) is 5.40. The number of hydrogen-bond acceptors (Lipinski definition) is 5. The first-order chi connectivity index (χ1) is 12.8. The molecule has 0 bridgehead atoms. The lowest BCUT2D eigenvalue weighted by Crippen LogP contribution is -2.53. The van der Waals surface area contributed by atoms with Crippen LogP contribution in [0.4, 0.5) is 10.1 Å². The second-order valence-corrected chi connectivity index (χ2v) is 9.25. The van der Waals surface area contributed by atoms with Gasteiger partial charge in [0.2, 0.25) is 11.8 Å². The maximum absolute atomic E-state index is 13.9. The van der Waals surface area contributed by atoms with Gasteiger partial charge >= 0.3 is 0 Å². The fourth-order valence-electron chi connectivity index (χ4n) is 3.67. The van der Waals surface area contributed by atoms with Crippen LogP contribution in [0.2, 0.25) is 0 Å². The topological polar surface area (TPSA) is 78.0 Å². The molecule has 2 fully saturated rings. The van der Waals surface area contributed by atoms with Gasteiger partial charge in [-0.3, -0.25) is 9.59 Å². The molecule has 2 heterocycles. The second-order valence-electron chi connectivity index (χ2n) is 7.02. The molecule has 1 atom stereocenters. The van der Waals surface area contributed by atoms with Gasteiger partial charge in [0, 0.05) is 39.1 Å². The molecule has 1 unspecified atom stereocenters. The molecule has 2 aliphatic rings. The van der Waals surface area contributed by atoms with Crippen LogP contribution in [0.25, 0.3) is 0 Å². The highest BCUT2D eigenvalue weighted by atomic mass is 32.2. The summed E-state index contributed by atoms with van der Waals surface area (Å²) in [4.78, 5) is 29.5. The third kappa shape index (κ3) is 4.58. The van der Waals surface area contributed by atoms with Gasteiger partial charge in [0.1, 0.15) is 12.4 Å². The fraction of sp³-hybridized carbons (Fsp3) is 0.556. The summed E-state index contributed by atoms with van der Waals surface area (Å²) in [6, 6.07) is 6.10. The van der Waals surface area contributed by atoms with Gasteiger partial charge < -0.3 is 14.7 Å². The minimum atomic E-state index is -3.14. The predicted octanol–water partition coefficient (Wildman–Crippen LogP) is 0.510. The highest BCUT2D eigenvalue weighted by Crippen LogP contribution is 2.21. The average Bonchev–Trinajstić information content (AvgIpc) is 2.99. The first kappa shape index (κ1) is 19.6. The van der Waals surface area contributed by atoms with Crippen LogP contribution < -0.4 is 4.90 Å². The largest absolute Gasteiger partial charge is 0.366 e. The molecule has 1 aromatic carbocycles. The monoisotopic (exact) mass is 397 g/mol. The van der Waals surface area contributed by atoms with Gasteiger partial charge in [-0.05, 0) is 18.6 Å². The predicted molar refractivity (Wildman–Crippen MR) is 99.6 cm³/mol. The van der Waals surface area contributed by atoms with Crippen molar-refractivity contribution in [2.45, 2.75) is 19.4 Å².